The van der Waals surface area contributed by atoms with Gasteiger partial charge in [-0.2, -0.15) is 0 Å². The van der Waals surface area contributed by atoms with Gasteiger partial charge in [0.2, 0.25) is 0 Å². The Bertz CT molecular complexity index is 1070. The number of thiophene rings is 1. The first kappa shape index (κ1) is 18.2. The van der Waals surface area contributed by atoms with E-state index in [1.54, 1.807) is 29.7 Å². The van der Waals surface area contributed by atoms with Gasteiger partial charge in [-0.05, 0) is 49.1 Å². The Morgan fingerprint density at radius 1 is 1.48 bits per heavy atom. The van der Waals surface area contributed by atoms with Gasteiger partial charge in [-0.15, -0.1) is 23.1 Å². The third-order valence-corrected chi connectivity index (χ3v) is 6.60. The van der Waals surface area contributed by atoms with Crippen molar-refractivity contribution >= 4 is 39.3 Å². The van der Waals surface area contributed by atoms with Gasteiger partial charge in [0.25, 0.3) is 5.56 Å². The Kier molecular flexibility index (Phi) is 5.01. The molecule has 1 aliphatic rings. The smallest absolute Gasteiger partial charge is 0.341 e. The van der Waals surface area contributed by atoms with E-state index < -0.39 is 5.97 Å². The number of thioether (sulfide) groups is 1. The van der Waals surface area contributed by atoms with E-state index in [1.807, 2.05) is 6.26 Å². The van der Waals surface area contributed by atoms with Crippen molar-refractivity contribution in [1.29, 1.82) is 0 Å². The molecule has 3 aromatic rings. The van der Waals surface area contributed by atoms with Gasteiger partial charge in [-0.25, -0.2) is 14.8 Å². The number of aryl methyl sites for hydroxylation is 1. The molecule has 6 nitrogen and oxygen atoms in total. The minimum Gasteiger partial charge on any atom is -0.454 e. The summed E-state index contributed by atoms with van der Waals surface area (Å²) in [6.45, 7) is 2.16. The highest BCUT2D eigenvalue weighted by Crippen LogP contribution is 2.35. The number of fused-ring (bicyclic) bond motifs is 3. The molecule has 0 fully saturated rings. The van der Waals surface area contributed by atoms with Crippen LogP contribution in [0.25, 0.3) is 10.2 Å². The summed E-state index contributed by atoms with van der Waals surface area (Å²) >= 11 is 2.96. The highest BCUT2D eigenvalue weighted by molar-refractivity contribution is 7.98. The summed E-state index contributed by atoms with van der Waals surface area (Å²) in [5.41, 5.74) is 1.41. The van der Waals surface area contributed by atoms with Crippen LogP contribution in [0.5, 0.6) is 0 Å². The number of carbonyl (C=O) groups excluding carboxylic acids is 1. The maximum atomic E-state index is 12.6. The minimum absolute atomic E-state index is 0.0777. The lowest BCUT2D eigenvalue weighted by atomic mass is 9.89. The molecule has 4 rings (SSSR count). The van der Waals surface area contributed by atoms with Crippen LogP contribution >= 0.6 is 23.1 Å². The zero-order valence-electron chi connectivity index (χ0n) is 15.1. The Labute approximate surface area is 164 Å². The van der Waals surface area contributed by atoms with Crippen molar-refractivity contribution in [3.05, 3.63) is 50.5 Å². The number of rotatable bonds is 4. The third-order valence-electron chi connectivity index (χ3n) is 4.74. The van der Waals surface area contributed by atoms with Crippen LogP contribution in [0.15, 0.2) is 28.2 Å². The number of hydrogen-bond acceptors (Lipinski definition) is 7. The average molecular weight is 402 g/mol. The van der Waals surface area contributed by atoms with E-state index in [4.69, 9.17) is 4.74 Å². The van der Waals surface area contributed by atoms with Crippen LogP contribution in [-0.4, -0.2) is 27.2 Å². The van der Waals surface area contributed by atoms with Gasteiger partial charge in [-0.1, -0.05) is 6.92 Å². The molecule has 1 unspecified atom stereocenters. The van der Waals surface area contributed by atoms with E-state index in [2.05, 4.69) is 21.9 Å². The summed E-state index contributed by atoms with van der Waals surface area (Å²) in [5, 5.41) is 1.31. The van der Waals surface area contributed by atoms with Crippen molar-refractivity contribution in [2.75, 3.05) is 6.26 Å². The van der Waals surface area contributed by atoms with Crippen LogP contribution in [-0.2, 0) is 24.2 Å². The molecule has 0 spiro atoms. The summed E-state index contributed by atoms with van der Waals surface area (Å²) in [5.74, 6) is 0.520. The number of carbonyl (C=O) groups is 1. The fourth-order valence-corrected chi connectivity index (χ4v) is 5.32. The predicted molar refractivity (Wildman–Crippen MR) is 107 cm³/mol. The summed E-state index contributed by atoms with van der Waals surface area (Å²) < 4.78 is 5.36. The van der Waals surface area contributed by atoms with Crippen LogP contribution in [0.2, 0.25) is 0 Å². The first-order chi connectivity index (χ1) is 13.1. The summed E-state index contributed by atoms with van der Waals surface area (Å²) in [6, 6.07) is 3.37. The minimum atomic E-state index is -0.477. The lowest BCUT2D eigenvalue weighted by molar-refractivity contribution is 0.0457. The molecule has 8 heteroatoms. The molecule has 1 N–H and O–H groups in total. The standard InChI is InChI=1S/C19H19N3O3S2/c1-10-5-6-11-13(8-10)27-18-15(11)16(23)21-14(22-18)9-25-19(24)12-4-3-7-20-17(12)26-2/h3-4,7,10H,5-6,8-9H2,1-2H3,(H,21,22,23). The first-order valence-corrected chi connectivity index (χ1v) is 10.8. The Balaban J connectivity index is 1.58. The SMILES string of the molecule is CSc1ncccc1C(=O)OCc1nc2sc3c(c2c(=O)[nH]1)CCC(C)C3. The molecule has 1 aliphatic carbocycles. The van der Waals surface area contributed by atoms with Crippen molar-refractivity contribution in [1.82, 2.24) is 15.0 Å². The van der Waals surface area contributed by atoms with E-state index >= 15 is 0 Å². The maximum absolute atomic E-state index is 12.6. The van der Waals surface area contributed by atoms with Gasteiger partial charge in [0.1, 0.15) is 22.3 Å². The largest absolute Gasteiger partial charge is 0.454 e. The fourth-order valence-electron chi connectivity index (χ4n) is 3.38. The van der Waals surface area contributed by atoms with Crippen LogP contribution in [0, 0.1) is 5.92 Å². The fraction of sp³-hybridized carbons (Fsp3) is 0.368. The number of nitrogens with one attached hydrogen (secondary N) is 1. The molecule has 0 radical (unpaired) electrons. The molecule has 1 atom stereocenters. The summed E-state index contributed by atoms with van der Waals surface area (Å²) in [6.07, 6.45) is 6.51. The molecular formula is C19H19N3O3S2. The van der Waals surface area contributed by atoms with Gasteiger partial charge in [0.15, 0.2) is 0 Å². The number of pyridine rings is 1. The number of H-pyrrole nitrogens is 1. The van der Waals surface area contributed by atoms with E-state index in [9.17, 15) is 9.59 Å². The van der Waals surface area contributed by atoms with Gasteiger partial charge >= 0.3 is 5.97 Å². The molecular weight excluding hydrogens is 382 g/mol. The molecule has 0 saturated heterocycles. The number of aromatic amines is 1. The van der Waals surface area contributed by atoms with Crippen molar-refractivity contribution in [2.24, 2.45) is 5.92 Å². The van der Waals surface area contributed by atoms with Crippen molar-refractivity contribution in [2.45, 2.75) is 37.8 Å². The summed E-state index contributed by atoms with van der Waals surface area (Å²) in [4.78, 5) is 38.4. The topological polar surface area (TPSA) is 84.9 Å². The number of ether oxygens (including phenoxy) is 1. The van der Waals surface area contributed by atoms with Crippen molar-refractivity contribution in [3.63, 3.8) is 0 Å². The molecule has 0 aromatic carbocycles. The van der Waals surface area contributed by atoms with E-state index in [0.717, 1.165) is 29.7 Å². The second kappa shape index (κ2) is 7.44. The molecule has 3 aromatic heterocycles. The lowest BCUT2D eigenvalue weighted by Gasteiger charge is -2.17. The number of hydrogen-bond donors (Lipinski definition) is 1. The molecule has 0 saturated carbocycles. The molecule has 0 bridgehead atoms. The van der Waals surface area contributed by atoms with Gasteiger partial charge in [-0.3, -0.25) is 4.79 Å². The zero-order chi connectivity index (χ0) is 19.0. The normalized spacial score (nSPS) is 16.3. The Hall–Kier alpha value is -2.19. The number of aromatic nitrogens is 3. The molecule has 27 heavy (non-hydrogen) atoms. The van der Waals surface area contributed by atoms with E-state index in [-0.39, 0.29) is 12.2 Å². The monoisotopic (exact) mass is 401 g/mol. The second-order valence-corrected chi connectivity index (χ2v) is 8.56. The van der Waals surface area contributed by atoms with Gasteiger partial charge in [0.05, 0.1) is 10.9 Å². The predicted octanol–water partition coefficient (Wildman–Crippen LogP) is 3.58. The average Bonchev–Trinajstić information content (AvgIpc) is 3.03. The lowest BCUT2D eigenvalue weighted by Crippen LogP contribution is -2.16. The number of esters is 1. The maximum Gasteiger partial charge on any atom is 0.341 e. The van der Waals surface area contributed by atoms with Crippen LogP contribution in [0.1, 0.15) is 40.0 Å². The van der Waals surface area contributed by atoms with E-state index in [1.165, 1.54) is 16.6 Å². The quantitative estimate of drug-likeness (QED) is 0.531. The Morgan fingerprint density at radius 2 is 2.33 bits per heavy atom. The second-order valence-electron chi connectivity index (χ2n) is 6.68. The van der Waals surface area contributed by atoms with Crippen LogP contribution in [0.4, 0.5) is 0 Å². The highest BCUT2D eigenvalue weighted by Gasteiger charge is 2.23. The molecule has 140 valence electrons. The van der Waals surface area contributed by atoms with Crippen molar-refractivity contribution in [3.8, 4) is 0 Å². The zero-order valence-corrected chi connectivity index (χ0v) is 16.7. The van der Waals surface area contributed by atoms with E-state index in [0.29, 0.717) is 27.7 Å². The molecule has 0 amide bonds. The van der Waals surface area contributed by atoms with Crippen LogP contribution in [0.3, 0.4) is 0 Å². The van der Waals surface area contributed by atoms with Crippen molar-refractivity contribution < 1.29 is 9.53 Å². The first-order valence-electron chi connectivity index (χ1n) is 8.76. The highest BCUT2D eigenvalue weighted by atomic mass is 32.2. The molecule has 3 heterocycles. The molecule has 0 aliphatic heterocycles. The Morgan fingerprint density at radius 3 is 3.15 bits per heavy atom. The van der Waals surface area contributed by atoms with Gasteiger partial charge in [0, 0.05) is 11.1 Å². The number of nitrogens with zero attached hydrogens (tertiary/aromatic N) is 2. The third kappa shape index (κ3) is 3.51. The van der Waals surface area contributed by atoms with Crippen LogP contribution < -0.4 is 5.56 Å². The summed E-state index contributed by atoms with van der Waals surface area (Å²) in [7, 11) is 0. The van der Waals surface area contributed by atoms with Gasteiger partial charge < -0.3 is 9.72 Å².